The summed E-state index contributed by atoms with van der Waals surface area (Å²) in [6.45, 7) is 1.78. The van der Waals surface area contributed by atoms with Gasteiger partial charge in [0.05, 0.1) is 11.9 Å². The fourth-order valence-electron chi connectivity index (χ4n) is 1.82. The minimum Gasteiger partial charge on any atom is -0.308 e. The standard InChI is InChI=1S/C15H17N3O3S/c1-11-8-9-13(10-14(11)18-22(2,20)21)17-15(19)16-12-6-4-3-5-7-12/h3-10,18H,1-2H3,(H2,16,17,19). The van der Waals surface area contributed by atoms with E-state index in [1.54, 1.807) is 37.3 Å². The summed E-state index contributed by atoms with van der Waals surface area (Å²) in [5.41, 5.74) is 2.35. The highest BCUT2D eigenvalue weighted by Crippen LogP contribution is 2.21. The van der Waals surface area contributed by atoms with Gasteiger partial charge in [-0.05, 0) is 36.8 Å². The maximum Gasteiger partial charge on any atom is 0.323 e. The Morgan fingerprint density at radius 1 is 0.955 bits per heavy atom. The number of anilines is 3. The maximum absolute atomic E-state index is 11.9. The predicted molar refractivity (Wildman–Crippen MR) is 88.7 cm³/mol. The Morgan fingerprint density at radius 3 is 2.23 bits per heavy atom. The summed E-state index contributed by atoms with van der Waals surface area (Å²) >= 11 is 0. The number of para-hydroxylation sites is 1. The average molecular weight is 319 g/mol. The SMILES string of the molecule is Cc1ccc(NC(=O)Nc2ccccc2)cc1NS(C)(=O)=O. The van der Waals surface area contributed by atoms with Crippen molar-refractivity contribution in [3.05, 3.63) is 54.1 Å². The van der Waals surface area contributed by atoms with Crippen LogP contribution in [-0.2, 0) is 10.0 Å². The summed E-state index contributed by atoms with van der Waals surface area (Å²) in [6, 6.07) is 13.6. The first-order chi connectivity index (χ1) is 10.3. The molecule has 2 aromatic rings. The Kier molecular flexibility index (Phi) is 4.67. The van der Waals surface area contributed by atoms with Crippen LogP contribution < -0.4 is 15.4 Å². The van der Waals surface area contributed by atoms with Crippen LogP contribution in [0.1, 0.15) is 5.56 Å². The molecular weight excluding hydrogens is 302 g/mol. The molecule has 7 heteroatoms. The van der Waals surface area contributed by atoms with Gasteiger partial charge < -0.3 is 10.6 Å². The summed E-state index contributed by atoms with van der Waals surface area (Å²) in [5.74, 6) is 0. The molecule has 2 amide bonds. The number of hydrogen-bond donors (Lipinski definition) is 3. The van der Waals surface area contributed by atoms with Crippen LogP contribution in [0.3, 0.4) is 0 Å². The quantitative estimate of drug-likeness (QED) is 0.809. The van der Waals surface area contributed by atoms with Gasteiger partial charge in [0, 0.05) is 11.4 Å². The molecule has 0 aromatic heterocycles. The number of sulfonamides is 1. The summed E-state index contributed by atoms with van der Waals surface area (Å²) in [7, 11) is -3.37. The molecule has 116 valence electrons. The number of urea groups is 1. The number of nitrogens with one attached hydrogen (secondary N) is 3. The number of carbonyl (C=O) groups excluding carboxylic acids is 1. The lowest BCUT2D eigenvalue weighted by atomic mass is 10.2. The van der Waals surface area contributed by atoms with E-state index in [0.29, 0.717) is 17.1 Å². The van der Waals surface area contributed by atoms with Crippen molar-refractivity contribution in [2.75, 3.05) is 21.6 Å². The first-order valence-electron chi connectivity index (χ1n) is 6.55. The van der Waals surface area contributed by atoms with Crippen molar-refractivity contribution in [1.29, 1.82) is 0 Å². The molecule has 22 heavy (non-hydrogen) atoms. The first kappa shape index (κ1) is 15.8. The molecule has 0 radical (unpaired) electrons. The van der Waals surface area contributed by atoms with E-state index in [9.17, 15) is 13.2 Å². The van der Waals surface area contributed by atoms with Crippen molar-refractivity contribution in [2.45, 2.75) is 6.92 Å². The predicted octanol–water partition coefficient (Wildman–Crippen LogP) is 3.01. The summed E-state index contributed by atoms with van der Waals surface area (Å²) in [6.07, 6.45) is 1.08. The van der Waals surface area contributed by atoms with Crippen LogP contribution >= 0.6 is 0 Å². The fraction of sp³-hybridized carbons (Fsp3) is 0.133. The molecule has 0 saturated heterocycles. The molecule has 0 unspecified atom stereocenters. The highest BCUT2D eigenvalue weighted by Gasteiger charge is 2.08. The van der Waals surface area contributed by atoms with Crippen molar-refractivity contribution in [2.24, 2.45) is 0 Å². The Balaban J connectivity index is 2.10. The highest BCUT2D eigenvalue weighted by molar-refractivity contribution is 7.92. The minimum atomic E-state index is -3.37. The van der Waals surface area contributed by atoms with Gasteiger partial charge in [0.1, 0.15) is 0 Å². The minimum absolute atomic E-state index is 0.402. The lowest BCUT2D eigenvalue weighted by Crippen LogP contribution is -2.19. The third-order valence-corrected chi connectivity index (χ3v) is 3.41. The normalized spacial score (nSPS) is 10.8. The van der Waals surface area contributed by atoms with E-state index in [2.05, 4.69) is 15.4 Å². The Morgan fingerprint density at radius 2 is 1.59 bits per heavy atom. The van der Waals surface area contributed by atoms with Crippen LogP contribution in [0, 0.1) is 6.92 Å². The molecule has 0 aliphatic rings. The van der Waals surface area contributed by atoms with Crippen LogP contribution in [-0.4, -0.2) is 20.7 Å². The molecule has 0 bridgehead atoms. The van der Waals surface area contributed by atoms with E-state index in [1.165, 1.54) is 0 Å². The van der Waals surface area contributed by atoms with Crippen LogP contribution in [0.15, 0.2) is 48.5 Å². The van der Waals surface area contributed by atoms with Crippen LogP contribution in [0.5, 0.6) is 0 Å². The van der Waals surface area contributed by atoms with E-state index in [-0.39, 0.29) is 0 Å². The maximum atomic E-state index is 11.9. The number of rotatable bonds is 4. The van der Waals surface area contributed by atoms with Crippen molar-refractivity contribution in [3.63, 3.8) is 0 Å². The zero-order chi connectivity index (χ0) is 16.2. The highest BCUT2D eigenvalue weighted by atomic mass is 32.2. The van der Waals surface area contributed by atoms with Gasteiger partial charge in [-0.1, -0.05) is 24.3 Å². The van der Waals surface area contributed by atoms with Gasteiger partial charge in [-0.3, -0.25) is 4.72 Å². The summed E-state index contributed by atoms with van der Waals surface area (Å²) in [4.78, 5) is 11.9. The molecule has 0 aliphatic heterocycles. The zero-order valence-corrected chi connectivity index (χ0v) is 13.1. The molecule has 0 aliphatic carbocycles. The van der Waals surface area contributed by atoms with Gasteiger partial charge in [0.2, 0.25) is 10.0 Å². The first-order valence-corrected chi connectivity index (χ1v) is 8.44. The number of hydrogen-bond acceptors (Lipinski definition) is 3. The average Bonchev–Trinajstić information content (AvgIpc) is 2.42. The summed E-state index contributed by atoms with van der Waals surface area (Å²) < 4.78 is 25.0. The number of aryl methyl sites for hydroxylation is 1. The van der Waals surface area contributed by atoms with Gasteiger partial charge in [-0.25, -0.2) is 13.2 Å². The molecule has 0 spiro atoms. The van der Waals surface area contributed by atoms with Crippen LogP contribution in [0.25, 0.3) is 0 Å². The second-order valence-corrected chi connectivity index (χ2v) is 6.60. The van der Waals surface area contributed by atoms with Gasteiger partial charge >= 0.3 is 6.03 Å². The van der Waals surface area contributed by atoms with Gasteiger partial charge in [0.25, 0.3) is 0 Å². The van der Waals surface area contributed by atoms with Crippen molar-refractivity contribution in [1.82, 2.24) is 0 Å². The molecule has 0 heterocycles. The van der Waals surface area contributed by atoms with Crippen LogP contribution in [0.4, 0.5) is 21.9 Å². The van der Waals surface area contributed by atoms with E-state index < -0.39 is 16.1 Å². The molecule has 3 N–H and O–H groups in total. The molecular formula is C15H17N3O3S. The van der Waals surface area contributed by atoms with Crippen molar-refractivity contribution >= 4 is 33.1 Å². The fourth-order valence-corrected chi connectivity index (χ4v) is 2.44. The number of amides is 2. The smallest absolute Gasteiger partial charge is 0.308 e. The molecule has 6 nitrogen and oxygen atoms in total. The molecule has 2 rings (SSSR count). The number of benzene rings is 2. The second-order valence-electron chi connectivity index (χ2n) is 4.85. The lowest BCUT2D eigenvalue weighted by molar-refractivity contribution is 0.262. The van der Waals surface area contributed by atoms with Gasteiger partial charge in [-0.15, -0.1) is 0 Å². The Bertz CT molecular complexity index is 774. The van der Waals surface area contributed by atoms with Crippen molar-refractivity contribution in [3.8, 4) is 0 Å². The van der Waals surface area contributed by atoms with E-state index >= 15 is 0 Å². The zero-order valence-electron chi connectivity index (χ0n) is 12.3. The molecule has 2 aromatic carbocycles. The molecule has 0 atom stereocenters. The largest absolute Gasteiger partial charge is 0.323 e. The molecule has 0 fully saturated rings. The monoisotopic (exact) mass is 319 g/mol. The topological polar surface area (TPSA) is 87.3 Å². The molecule has 0 saturated carbocycles. The van der Waals surface area contributed by atoms with E-state index in [4.69, 9.17) is 0 Å². The Hall–Kier alpha value is -2.54. The Labute approximate surface area is 129 Å². The van der Waals surface area contributed by atoms with Gasteiger partial charge in [0.15, 0.2) is 0 Å². The third-order valence-electron chi connectivity index (χ3n) is 2.82. The lowest BCUT2D eigenvalue weighted by Gasteiger charge is -2.11. The summed E-state index contributed by atoms with van der Waals surface area (Å²) in [5, 5.41) is 5.34. The van der Waals surface area contributed by atoms with Crippen molar-refractivity contribution < 1.29 is 13.2 Å². The third kappa shape index (κ3) is 4.78. The number of carbonyl (C=O) groups is 1. The second kappa shape index (κ2) is 6.48. The van der Waals surface area contributed by atoms with E-state index in [0.717, 1.165) is 11.8 Å². The van der Waals surface area contributed by atoms with Crippen LogP contribution in [0.2, 0.25) is 0 Å². The van der Waals surface area contributed by atoms with E-state index in [1.807, 2.05) is 18.2 Å². The van der Waals surface area contributed by atoms with Gasteiger partial charge in [-0.2, -0.15) is 0 Å².